The number of ether oxygens (including phenoxy) is 1. The molecule has 1 aliphatic carbocycles. The van der Waals surface area contributed by atoms with Gasteiger partial charge in [0.25, 0.3) is 0 Å². The van der Waals surface area contributed by atoms with Crippen molar-refractivity contribution in [2.75, 3.05) is 0 Å². The first kappa shape index (κ1) is 64.2. The van der Waals surface area contributed by atoms with Crippen molar-refractivity contribution in [1.29, 1.82) is 0 Å². The zero-order chi connectivity index (χ0) is 48.6. The summed E-state index contributed by atoms with van der Waals surface area (Å²) in [7, 11) is 0. The minimum absolute atomic E-state index is 0.0751. The van der Waals surface area contributed by atoms with Crippen molar-refractivity contribution >= 4 is 23.9 Å². The minimum Gasteiger partial charge on any atom is -0.481 e. The van der Waals surface area contributed by atoms with Gasteiger partial charge in [0.1, 0.15) is 6.10 Å². The lowest BCUT2D eigenvalue weighted by Gasteiger charge is -2.31. The maximum atomic E-state index is 12.7. The van der Waals surface area contributed by atoms with Crippen molar-refractivity contribution in [3.63, 3.8) is 0 Å². The fourth-order valence-corrected chi connectivity index (χ4v) is 8.28. The van der Waals surface area contributed by atoms with Crippen molar-refractivity contribution in [2.24, 2.45) is 45.3 Å². The van der Waals surface area contributed by atoms with Gasteiger partial charge in [-0.25, -0.2) is 0 Å². The molecule has 1 rings (SSSR count). The molecule has 370 valence electrons. The molecule has 1 saturated carbocycles. The molecule has 5 atom stereocenters. The standard InChI is InChI=1S/C19H36O2.2C12H24O2.C11H22O2/c1-5-6-10-14-19(4,15-13-16(2)3)18(20)21-17-11-8-7-9-12-17;1-5-6-7-8-12(4,11(13)14)9-10(2)3;1-5-7-8-9-12(4,11(13)14)10(3)6-2;1-5-6-7-8-11(4,9(2)3)10(12)13/h16-17H,5-15H2,1-4H3;2*10H,5-9H2,1-4H3,(H,13,14);9H,5-8H2,1-4H3,(H,12,13). The quantitative estimate of drug-likeness (QED) is 0.0499. The molecule has 62 heavy (non-hydrogen) atoms. The van der Waals surface area contributed by atoms with E-state index < -0.39 is 34.2 Å². The predicted molar refractivity (Wildman–Crippen MR) is 263 cm³/mol. The Morgan fingerprint density at radius 1 is 0.516 bits per heavy atom. The first-order valence-corrected chi connectivity index (χ1v) is 25.7. The molecule has 0 aromatic heterocycles. The summed E-state index contributed by atoms with van der Waals surface area (Å²) in [6, 6.07) is 0. The number of hydrogen-bond donors (Lipinski definition) is 3. The summed E-state index contributed by atoms with van der Waals surface area (Å²) in [4.78, 5) is 46.1. The van der Waals surface area contributed by atoms with E-state index in [1.165, 1.54) is 32.1 Å². The van der Waals surface area contributed by atoms with Gasteiger partial charge < -0.3 is 20.1 Å². The van der Waals surface area contributed by atoms with Crippen LogP contribution >= 0.6 is 0 Å². The Morgan fingerprint density at radius 3 is 1.26 bits per heavy atom. The molecule has 0 aliphatic heterocycles. The van der Waals surface area contributed by atoms with Gasteiger partial charge >= 0.3 is 23.9 Å². The van der Waals surface area contributed by atoms with Gasteiger partial charge in [-0.2, -0.15) is 0 Å². The average Bonchev–Trinajstić information content (AvgIpc) is 3.20. The van der Waals surface area contributed by atoms with Crippen molar-refractivity contribution in [1.82, 2.24) is 0 Å². The van der Waals surface area contributed by atoms with E-state index in [1.54, 1.807) is 0 Å². The zero-order valence-electron chi connectivity index (χ0n) is 43.9. The molecule has 0 amide bonds. The smallest absolute Gasteiger partial charge is 0.312 e. The lowest BCUT2D eigenvalue weighted by Crippen LogP contribution is -2.34. The molecule has 1 fully saturated rings. The molecule has 0 spiro atoms. The van der Waals surface area contributed by atoms with Crippen molar-refractivity contribution in [3.8, 4) is 0 Å². The molecule has 0 radical (unpaired) electrons. The van der Waals surface area contributed by atoms with Gasteiger partial charge in [-0.1, -0.05) is 173 Å². The molecule has 1 aliphatic rings. The number of carboxylic acids is 3. The number of esters is 1. The first-order chi connectivity index (χ1) is 28.8. The van der Waals surface area contributed by atoms with Crippen LogP contribution in [0.5, 0.6) is 0 Å². The van der Waals surface area contributed by atoms with E-state index in [0.717, 1.165) is 128 Å². The normalized spacial score (nSPS) is 17.3. The van der Waals surface area contributed by atoms with Gasteiger partial charge in [0.2, 0.25) is 0 Å². The summed E-state index contributed by atoms with van der Waals surface area (Å²) in [5.41, 5.74) is -1.83. The maximum absolute atomic E-state index is 12.7. The number of hydrogen-bond acceptors (Lipinski definition) is 5. The van der Waals surface area contributed by atoms with E-state index >= 15 is 0 Å². The van der Waals surface area contributed by atoms with Crippen molar-refractivity contribution in [3.05, 3.63) is 0 Å². The molecule has 0 bridgehead atoms. The molecule has 0 saturated heterocycles. The fraction of sp³-hybridized carbons (Fsp3) is 0.926. The van der Waals surface area contributed by atoms with E-state index in [9.17, 15) is 29.4 Å². The molecule has 5 unspecified atom stereocenters. The monoisotopic (exact) mass is 883 g/mol. The maximum Gasteiger partial charge on any atom is 0.312 e. The van der Waals surface area contributed by atoms with Crippen LogP contribution in [0.15, 0.2) is 0 Å². The van der Waals surface area contributed by atoms with E-state index in [-0.39, 0.29) is 29.3 Å². The third kappa shape index (κ3) is 27.3. The number of carbonyl (C=O) groups is 4. The number of carboxylic acid groups (broad SMARTS) is 3. The van der Waals surface area contributed by atoms with Crippen LogP contribution in [0.2, 0.25) is 0 Å². The van der Waals surface area contributed by atoms with Crippen molar-refractivity contribution < 1.29 is 39.2 Å². The van der Waals surface area contributed by atoms with Crippen LogP contribution in [0.3, 0.4) is 0 Å². The molecule has 0 aromatic carbocycles. The average molecular weight is 883 g/mol. The summed E-state index contributed by atoms with van der Waals surface area (Å²) >= 11 is 0. The van der Waals surface area contributed by atoms with Crippen molar-refractivity contribution in [2.45, 2.75) is 277 Å². The topological polar surface area (TPSA) is 138 Å². The number of aliphatic carboxylic acids is 3. The number of rotatable bonds is 29. The van der Waals surface area contributed by atoms with E-state index in [2.05, 4.69) is 69.2 Å². The Morgan fingerprint density at radius 2 is 0.919 bits per heavy atom. The Bertz CT molecular complexity index is 1160. The van der Waals surface area contributed by atoms with Gasteiger partial charge in [-0.15, -0.1) is 0 Å². The van der Waals surface area contributed by atoms with E-state index in [1.807, 2.05) is 41.5 Å². The second-order valence-corrected chi connectivity index (χ2v) is 21.4. The van der Waals surface area contributed by atoms with Crippen LogP contribution in [0, 0.1) is 45.3 Å². The Hall–Kier alpha value is -2.12. The third-order valence-corrected chi connectivity index (χ3v) is 14.2. The van der Waals surface area contributed by atoms with Gasteiger partial charge in [0.05, 0.1) is 21.7 Å². The Balaban J connectivity index is -0.000000766. The summed E-state index contributed by atoms with van der Waals surface area (Å²) in [5.74, 6) is -0.274. The highest BCUT2D eigenvalue weighted by Gasteiger charge is 2.38. The Labute approximate surface area is 384 Å². The van der Waals surface area contributed by atoms with Crippen LogP contribution in [-0.4, -0.2) is 45.3 Å². The minimum atomic E-state index is -0.654. The van der Waals surface area contributed by atoms with Crippen LogP contribution in [0.4, 0.5) is 0 Å². The summed E-state index contributed by atoms with van der Waals surface area (Å²) in [6.45, 7) is 33.1. The second kappa shape index (κ2) is 35.2. The van der Waals surface area contributed by atoms with Crippen LogP contribution < -0.4 is 0 Å². The number of carbonyl (C=O) groups excluding carboxylic acids is 1. The van der Waals surface area contributed by atoms with Gasteiger partial charge in [0, 0.05) is 0 Å². The van der Waals surface area contributed by atoms with Crippen LogP contribution in [0.1, 0.15) is 271 Å². The molecule has 0 aromatic rings. The fourth-order valence-electron chi connectivity index (χ4n) is 8.28. The molecular weight excluding hydrogens is 777 g/mol. The molecule has 3 N–H and O–H groups in total. The third-order valence-electron chi connectivity index (χ3n) is 14.2. The molecule has 8 nitrogen and oxygen atoms in total. The Kier molecular flexibility index (Phi) is 36.4. The van der Waals surface area contributed by atoms with E-state index in [4.69, 9.17) is 9.84 Å². The number of unbranched alkanes of at least 4 members (excludes halogenated alkanes) is 8. The molecule has 0 heterocycles. The highest BCUT2D eigenvalue weighted by Crippen LogP contribution is 2.37. The SMILES string of the molecule is CCCCCC(C)(C(=O)O)C(C)C.CCCCCC(C)(C(=O)O)C(C)CC.CCCCCC(C)(CC(C)C)C(=O)O.CCCCCC(C)(CCC(C)C)C(=O)OC1CCCCC1. The largest absolute Gasteiger partial charge is 0.481 e. The predicted octanol–water partition coefficient (Wildman–Crippen LogP) is 16.6. The lowest BCUT2D eigenvalue weighted by molar-refractivity contribution is -0.163. The molecular formula is C54H106O8. The summed E-state index contributed by atoms with van der Waals surface area (Å²) < 4.78 is 5.88. The molecule has 8 heteroatoms. The first-order valence-electron chi connectivity index (χ1n) is 25.7. The van der Waals surface area contributed by atoms with Gasteiger partial charge in [-0.05, 0) is 122 Å². The van der Waals surface area contributed by atoms with Gasteiger partial charge in [-0.3, -0.25) is 19.2 Å². The lowest BCUT2D eigenvalue weighted by atomic mass is 9.73. The highest BCUT2D eigenvalue weighted by atomic mass is 16.5. The van der Waals surface area contributed by atoms with Gasteiger partial charge in [0.15, 0.2) is 0 Å². The second-order valence-electron chi connectivity index (χ2n) is 21.4. The summed E-state index contributed by atoms with van der Waals surface area (Å²) in [6.07, 6.45) is 26.8. The van der Waals surface area contributed by atoms with Crippen LogP contribution in [0.25, 0.3) is 0 Å². The summed E-state index contributed by atoms with van der Waals surface area (Å²) in [5, 5.41) is 27.5. The zero-order valence-corrected chi connectivity index (χ0v) is 43.9. The highest BCUT2D eigenvalue weighted by molar-refractivity contribution is 5.76. The van der Waals surface area contributed by atoms with E-state index in [0.29, 0.717) is 11.8 Å². The van der Waals surface area contributed by atoms with Crippen LogP contribution in [-0.2, 0) is 23.9 Å².